The van der Waals surface area contributed by atoms with E-state index in [0.29, 0.717) is 9.61 Å². The third-order valence-electron chi connectivity index (χ3n) is 4.89. The molecule has 1 aromatic rings. The van der Waals surface area contributed by atoms with E-state index in [-0.39, 0.29) is 19.1 Å². The van der Waals surface area contributed by atoms with Crippen LogP contribution in [-0.4, -0.2) is 63.8 Å². The van der Waals surface area contributed by atoms with E-state index in [1.165, 1.54) is 25.7 Å². The predicted octanol–water partition coefficient (Wildman–Crippen LogP) is 1.63. The summed E-state index contributed by atoms with van der Waals surface area (Å²) in [7, 11) is 0. The van der Waals surface area contributed by atoms with Gasteiger partial charge in [0.25, 0.3) is 5.91 Å². The summed E-state index contributed by atoms with van der Waals surface area (Å²) in [5.74, 6) is 0.736. The number of rotatable bonds is 5. The second-order valence-electron chi connectivity index (χ2n) is 6.45. The highest BCUT2D eigenvalue weighted by Gasteiger charge is 2.31. The van der Waals surface area contributed by atoms with Crippen LogP contribution in [0.25, 0.3) is 0 Å². The number of pyridine rings is 1. The highest BCUT2D eigenvalue weighted by Crippen LogP contribution is 2.29. The topological polar surface area (TPSA) is 68.7 Å². The number of halogens is 1. The Bertz CT molecular complexity index is 548. The zero-order chi connectivity index (χ0) is 16.9. The van der Waals surface area contributed by atoms with Crippen LogP contribution in [0.2, 0.25) is 0 Å². The number of nitrogens with zero attached hydrogens (tertiary/aromatic N) is 3. The molecule has 2 heterocycles. The summed E-state index contributed by atoms with van der Waals surface area (Å²) in [4.78, 5) is 21.3. The van der Waals surface area contributed by atoms with Crippen LogP contribution in [0, 0.1) is 0 Å². The molecule has 1 saturated carbocycles. The molecule has 24 heavy (non-hydrogen) atoms. The van der Waals surface area contributed by atoms with Crippen LogP contribution in [-0.2, 0) is 0 Å². The lowest BCUT2D eigenvalue weighted by Gasteiger charge is -2.42. The van der Waals surface area contributed by atoms with Gasteiger partial charge in [0, 0.05) is 38.4 Å². The number of piperazine rings is 1. The second-order valence-corrected chi connectivity index (χ2v) is 7.88. The average molecular weight is 444 g/mol. The van der Waals surface area contributed by atoms with Crippen LogP contribution >= 0.6 is 22.6 Å². The van der Waals surface area contributed by atoms with E-state index in [9.17, 15) is 4.79 Å². The Morgan fingerprint density at radius 1 is 1.33 bits per heavy atom. The van der Waals surface area contributed by atoms with Crippen molar-refractivity contribution < 1.29 is 9.90 Å². The van der Waals surface area contributed by atoms with Crippen LogP contribution in [0.1, 0.15) is 36.0 Å². The van der Waals surface area contributed by atoms with Gasteiger partial charge in [-0.2, -0.15) is 0 Å². The Balaban J connectivity index is 1.59. The highest BCUT2D eigenvalue weighted by molar-refractivity contribution is 14.1. The number of aliphatic hydroxyl groups is 1. The first-order chi connectivity index (χ1) is 11.7. The Morgan fingerprint density at radius 2 is 2.12 bits per heavy atom. The standard InChI is InChI=1S/C17H25IN4O2/c18-15-12-21(14-3-1-2-4-14)8-9-22(15)16-6-5-13(11-20-16)17(24)19-7-10-23/h5-6,11,14-15,23H,1-4,7-10,12H2,(H,19,24). The number of anilines is 1. The van der Waals surface area contributed by atoms with Crippen molar-refractivity contribution in [2.75, 3.05) is 37.7 Å². The zero-order valence-electron chi connectivity index (χ0n) is 13.8. The lowest BCUT2D eigenvalue weighted by Crippen LogP contribution is -2.53. The molecular weight excluding hydrogens is 419 g/mol. The number of aromatic nitrogens is 1. The lowest BCUT2D eigenvalue weighted by atomic mass is 10.2. The summed E-state index contributed by atoms with van der Waals surface area (Å²) < 4.78 is 0.401. The molecule has 3 rings (SSSR count). The smallest absolute Gasteiger partial charge is 0.252 e. The molecule has 1 aliphatic heterocycles. The molecule has 1 amide bonds. The quantitative estimate of drug-likeness (QED) is 0.411. The van der Waals surface area contributed by atoms with Gasteiger partial charge < -0.3 is 15.3 Å². The average Bonchev–Trinajstić information content (AvgIpc) is 3.14. The fourth-order valence-electron chi connectivity index (χ4n) is 3.58. The molecule has 6 nitrogen and oxygen atoms in total. The number of alkyl halides is 1. The van der Waals surface area contributed by atoms with Crippen LogP contribution in [0.5, 0.6) is 0 Å². The summed E-state index contributed by atoms with van der Waals surface area (Å²) in [6.07, 6.45) is 7.06. The summed E-state index contributed by atoms with van der Waals surface area (Å²) in [5, 5.41) is 11.4. The Labute approximate surface area is 156 Å². The lowest BCUT2D eigenvalue weighted by molar-refractivity contribution is 0.0944. The number of carbonyl (C=O) groups excluding carboxylic acids is 1. The molecule has 1 saturated heterocycles. The molecule has 0 radical (unpaired) electrons. The van der Waals surface area contributed by atoms with Crippen molar-refractivity contribution in [1.82, 2.24) is 15.2 Å². The van der Waals surface area contributed by atoms with Gasteiger partial charge in [0.2, 0.25) is 0 Å². The molecule has 1 unspecified atom stereocenters. The van der Waals surface area contributed by atoms with Crippen molar-refractivity contribution in [3.63, 3.8) is 0 Å². The van der Waals surface area contributed by atoms with Gasteiger partial charge >= 0.3 is 0 Å². The Kier molecular flexibility index (Phi) is 6.29. The molecule has 0 spiro atoms. The Hall–Kier alpha value is -0.930. The third-order valence-corrected chi connectivity index (χ3v) is 5.96. The van der Waals surface area contributed by atoms with E-state index >= 15 is 0 Å². The molecule has 2 fully saturated rings. The maximum absolute atomic E-state index is 11.9. The molecule has 0 bridgehead atoms. The fraction of sp³-hybridized carbons (Fsp3) is 0.647. The summed E-state index contributed by atoms with van der Waals surface area (Å²) in [6.45, 7) is 3.35. The van der Waals surface area contributed by atoms with Crippen LogP contribution in [0.15, 0.2) is 18.3 Å². The predicted molar refractivity (Wildman–Crippen MR) is 103 cm³/mol. The van der Waals surface area contributed by atoms with Crippen molar-refractivity contribution >= 4 is 34.3 Å². The highest BCUT2D eigenvalue weighted by atomic mass is 127. The van der Waals surface area contributed by atoms with E-state index < -0.39 is 0 Å². The number of hydrogen-bond acceptors (Lipinski definition) is 5. The minimum Gasteiger partial charge on any atom is -0.395 e. The summed E-state index contributed by atoms with van der Waals surface area (Å²) in [5.41, 5.74) is 0.529. The molecule has 7 heteroatoms. The van der Waals surface area contributed by atoms with Gasteiger partial charge in [-0.05, 0) is 25.0 Å². The molecule has 1 aromatic heterocycles. The Morgan fingerprint density at radius 3 is 2.75 bits per heavy atom. The summed E-state index contributed by atoms with van der Waals surface area (Å²) in [6, 6.07) is 4.50. The zero-order valence-corrected chi connectivity index (χ0v) is 16.0. The molecule has 132 valence electrons. The minimum absolute atomic E-state index is 0.0565. The SMILES string of the molecule is O=C(NCCO)c1ccc(N2CCN(C3CCCC3)CC2I)nc1. The number of carbonyl (C=O) groups is 1. The minimum atomic E-state index is -0.194. The van der Waals surface area contributed by atoms with Gasteiger partial charge in [0.1, 0.15) is 5.82 Å². The largest absolute Gasteiger partial charge is 0.395 e. The van der Waals surface area contributed by atoms with Crippen molar-refractivity contribution in [2.45, 2.75) is 35.8 Å². The van der Waals surface area contributed by atoms with Gasteiger partial charge in [0.05, 0.1) is 16.2 Å². The number of nitrogens with one attached hydrogen (secondary N) is 1. The first-order valence-electron chi connectivity index (χ1n) is 8.69. The van der Waals surface area contributed by atoms with E-state index in [2.05, 4.69) is 42.7 Å². The van der Waals surface area contributed by atoms with E-state index in [0.717, 1.165) is 31.5 Å². The van der Waals surface area contributed by atoms with Crippen LogP contribution in [0.4, 0.5) is 5.82 Å². The number of aliphatic hydroxyl groups excluding tert-OH is 1. The molecule has 1 aliphatic carbocycles. The van der Waals surface area contributed by atoms with Crippen molar-refractivity contribution in [3.05, 3.63) is 23.9 Å². The summed E-state index contributed by atoms with van der Waals surface area (Å²) >= 11 is 2.50. The molecule has 0 aromatic carbocycles. The van der Waals surface area contributed by atoms with Crippen molar-refractivity contribution in [3.8, 4) is 0 Å². The normalized spacial score (nSPS) is 22.8. The molecule has 2 aliphatic rings. The first kappa shape index (κ1) is 17.9. The van der Waals surface area contributed by atoms with Gasteiger partial charge in [-0.3, -0.25) is 9.69 Å². The second kappa shape index (κ2) is 8.44. The number of amides is 1. The number of hydrogen-bond donors (Lipinski definition) is 2. The molecule has 2 N–H and O–H groups in total. The van der Waals surface area contributed by atoms with Crippen LogP contribution in [0.3, 0.4) is 0 Å². The van der Waals surface area contributed by atoms with E-state index in [4.69, 9.17) is 5.11 Å². The third kappa shape index (κ3) is 4.18. The fourth-order valence-corrected chi connectivity index (χ4v) is 4.65. The van der Waals surface area contributed by atoms with Gasteiger partial charge in [-0.15, -0.1) is 0 Å². The van der Waals surface area contributed by atoms with Crippen LogP contribution < -0.4 is 10.2 Å². The van der Waals surface area contributed by atoms with E-state index in [1.807, 2.05) is 12.1 Å². The van der Waals surface area contributed by atoms with Crippen molar-refractivity contribution in [1.29, 1.82) is 0 Å². The molecule has 1 atom stereocenters. The maximum atomic E-state index is 11.9. The van der Waals surface area contributed by atoms with Crippen molar-refractivity contribution in [2.24, 2.45) is 0 Å². The van der Waals surface area contributed by atoms with Gasteiger partial charge in [0.15, 0.2) is 0 Å². The monoisotopic (exact) mass is 444 g/mol. The van der Waals surface area contributed by atoms with Gasteiger partial charge in [-0.25, -0.2) is 4.98 Å². The van der Waals surface area contributed by atoms with E-state index in [1.54, 1.807) is 6.20 Å². The van der Waals surface area contributed by atoms with Gasteiger partial charge in [-0.1, -0.05) is 35.4 Å². The maximum Gasteiger partial charge on any atom is 0.252 e. The molecular formula is C17H25IN4O2. The first-order valence-corrected chi connectivity index (χ1v) is 9.93.